The quantitative estimate of drug-likeness (QED) is 0.790. The number of aromatic carboxylic acids is 1. The first-order valence-corrected chi connectivity index (χ1v) is 4.85. The number of carboxylic acids is 1. The van der Waals surface area contributed by atoms with E-state index in [1.54, 1.807) is 13.0 Å². The second-order valence-electron chi connectivity index (χ2n) is 3.36. The Morgan fingerprint density at radius 2 is 2.27 bits per heavy atom. The summed E-state index contributed by atoms with van der Waals surface area (Å²) >= 11 is 0. The predicted octanol–water partition coefficient (Wildman–Crippen LogP) is 2.06. The number of hydrogen-bond acceptors (Lipinski definition) is 2. The second kappa shape index (κ2) is 5.32. The maximum absolute atomic E-state index is 10.9. The largest absolute Gasteiger partial charge is 0.478 e. The van der Waals surface area contributed by atoms with Crippen LogP contribution in [0.2, 0.25) is 0 Å². The highest BCUT2D eigenvalue weighted by molar-refractivity contribution is 5.90. The van der Waals surface area contributed by atoms with Crippen molar-refractivity contribution in [3.63, 3.8) is 0 Å². The molecular formula is C12H15NO2. The van der Waals surface area contributed by atoms with Crippen LogP contribution in [0.25, 0.3) is 6.08 Å². The van der Waals surface area contributed by atoms with Gasteiger partial charge in [0.2, 0.25) is 0 Å². The zero-order valence-corrected chi connectivity index (χ0v) is 8.73. The third-order valence-electron chi connectivity index (χ3n) is 2.14. The van der Waals surface area contributed by atoms with Gasteiger partial charge in [-0.3, -0.25) is 0 Å². The summed E-state index contributed by atoms with van der Waals surface area (Å²) in [5.74, 6) is -0.887. The van der Waals surface area contributed by atoms with Crippen molar-refractivity contribution in [2.45, 2.75) is 13.3 Å². The van der Waals surface area contributed by atoms with E-state index in [1.807, 2.05) is 24.3 Å². The first kappa shape index (κ1) is 11.5. The number of benzene rings is 1. The van der Waals surface area contributed by atoms with Crippen molar-refractivity contribution < 1.29 is 9.90 Å². The molecule has 0 atom stereocenters. The maximum atomic E-state index is 10.9. The topological polar surface area (TPSA) is 63.3 Å². The highest BCUT2D eigenvalue weighted by Crippen LogP contribution is 2.12. The van der Waals surface area contributed by atoms with E-state index in [1.165, 1.54) is 0 Å². The van der Waals surface area contributed by atoms with Gasteiger partial charge >= 0.3 is 5.97 Å². The number of rotatable bonds is 4. The summed E-state index contributed by atoms with van der Waals surface area (Å²) in [5.41, 5.74) is 7.37. The summed E-state index contributed by atoms with van der Waals surface area (Å²) in [5, 5.41) is 8.92. The third-order valence-corrected chi connectivity index (χ3v) is 2.14. The van der Waals surface area contributed by atoms with E-state index in [4.69, 9.17) is 10.8 Å². The van der Waals surface area contributed by atoms with Crippen LogP contribution < -0.4 is 5.73 Å². The summed E-state index contributed by atoms with van der Waals surface area (Å²) in [7, 11) is 0. The Bertz CT molecular complexity index is 383. The van der Waals surface area contributed by atoms with E-state index in [-0.39, 0.29) is 0 Å². The number of hydrogen-bond donors (Lipinski definition) is 2. The minimum atomic E-state index is -0.887. The van der Waals surface area contributed by atoms with Crippen LogP contribution >= 0.6 is 0 Å². The van der Waals surface area contributed by atoms with Gasteiger partial charge in [-0.15, -0.1) is 0 Å². The van der Waals surface area contributed by atoms with Crippen LogP contribution in [0.4, 0.5) is 0 Å². The molecule has 0 saturated heterocycles. The summed E-state index contributed by atoms with van der Waals surface area (Å²) in [6.07, 6.45) is 4.63. The lowest BCUT2D eigenvalue weighted by molar-refractivity contribution is 0.0696. The van der Waals surface area contributed by atoms with E-state index in [9.17, 15) is 4.79 Å². The average molecular weight is 205 g/mol. The third kappa shape index (κ3) is 3.22. The average Bonchev–Trinajstić information content (AvgIpc) is 2.20. The summed E-state index contributed by atoms with van der Waals surface area (Å²) in [6.45, 7) is 2.39. The summed E-state index contributed by atoms with van der Waals surface area (Å²) in [6, 6.07) is 5.38. The Kier molecular flexibility index (Phi) is 4.06. The van der Waals surface area contributed by atoms with Gasteiger partial charge < -0.3 is 10.8 Å². The second-order valence-corrected chi connectivity index (χ2v) is 3.36. The molecular weight excluding hydrogens is 190 g/mol. The fourth-order valence-corrected chi connectivity index (χ4v) is 1.29. The number of carbonyl (C=O) groups is 1. The fraction of sp³-hybridized carbons (Fsp3) is 0.250. The first-order valence-electron chi connectivity index (χ1n) is 4.85. The molecule has 3 heteroatoms. The number of aryl methyl sites for hydroxylation is 1. The Balaban J connectivity index is 2.92. The van der Waals surface area contributed by atoms with Gasteiger partial charge in [0, 0.05) is 0 Å². The maximum Gasteiger partial charge on any atom is 0.335 e. The van der Waals surface area contributed by atoms with E-state index in [0.717, 1.165) is 17.5 Å². The molecule has 0 aliphatic heterocycles. The minimum Gasteiger partial charge on any atom is -0.478 e. The lowest BCUT2D eigenvalue weighted by atomic mass is 10.0. The van der Waals surface area contributed by atoms with Crippen LogP contribution in [-0.2, 0) is 0 Å². The van der Waals surface area contributed by atoms with Gasteiger partial charge in [0.15, 0.2) is 0 Å². The molecule has 1 rings (SSSR count). The smallest absolute Gasteiger partial charge is 0.335 e. The van der Waals surface area contributed by atoms with E-state index >= 15 is 0 Å². The molecule has 3 nitrogen and oxygen atoms in total. The van der Waals surface area contributed by atoms with Crippen molar-refractivity contribution in [1.29, 1.82) is 0 Å². The van der Waals surface area contributed by atoms with E-state index in [0.29, 0.717) is 12.1 Å². The molecule has 0 aliphatic rings. The van der Waals surface area contributed by atoms with Gasteiger partial charge in [0.25, 0.3) is 0 Å². The minimum absolute atomic E-state index is 0.352. The van der Waals surface area contributed by atoms with Gasteiger partial charge in [-0.05, 0) is 37.1 Å². The standard InChI is InChI=1S/C12H15NO2/c1-9-5-6-10(4-2-3-7-13)8-11(9)12(14)15/h2,4-6,8H,3,7,13H2,1H3,(H,14,15). The molecule has 0 aromatic heterocycles. The van der Waals surface area contributed by atoms with Crippen molar-refractivity contribution in [2.75, 3.05) is 6.54 Å². The van der Waals surface area contributed by atoms with Crippen LogP contribution in [0.5, 0.6) is 0 Å². The van der Waals surface area contributed by atoms with Crippen LogP contribution in [0.15, 0.2) is 24.3 Å². The van der Waals surface area contributed by atoms with Crippen molar-refractivity contribution in [2.24, 2.45) is 5.73 Å². The monoisotopic (exact) mass is 205 g/mol. The zero-order chi connectivity index (χ0) is 11.3. The molecule has 1 aromatic carbocycles. The van der Waals surface area contributed by atoms with Gasteiger partial charge in [-0.2, -0.15) is 0 Å². The predicted molar refractivity (Wildman–Crippen MR) is 60.8 cm³/mol. The first-order chi connectivity index (χ1) is 7.15. The molecule has 0 heterocycles. The van der Waals surface area contributed by atoms with E-state index in [2.05, 4.69) is 0 Å². The summed E-state index contributed by atoms with van der Waals surface area (Å²) < 4.78 is 0. The highest BCUT2D eigenvalue weighted by atomic mass is 16.4. The number of carboxylic acid groups (broad SMARTS) is 1. The molecule has 15 heavy (non-hydrogen) atoms. The van der Waals surface area contributed by atoms with Crippen molar-refractivity contribution >= 4 is 12.0 Å². The van der Waals surface area contributed by atoms with Crippen molar-refractivity contribution in [3.8, 4) is 0 Å². The lowest BCUT2D eigenvalue weighted by Gasteiger charge is -2.01. The van der Waals surface area contributed by atoms with Gasteiger partial charge in [-0.1, -0.05) is 24.3 Å². The Labute approximate surface area is 89.2 Å². The molecule has 0 amide bonds. The van der Waals surface area contributed by atoms with Crippen LogP contribution in [-0.4, -0.2) is 17.6 Å². The molecule has 0 spiro atoms. The molecule has 0 radical (unpaired) electrons. The molecule has 1 aromatic rings. The lowest BCUT2D eigenvalue weighted by Crippen LogP contribution is -1.99. The van der Waals surface area contributed by atoms with Gasteiger partial charge in [-0.25, -0.2) is 4.79 Å². The molecule has 0 unspecified atom stereocenters. The molecule has 3 N–H and O–H groups in total. The van der Waals surface area contributed by atoms with Gasteiger partial charge in [0.05, 0.1) is 5.56 Å². The SMILES string of the molecule is Cc1ccc(C=CCCN)cc1C(=O)O. The van der Waals surface area contributed by atoms with Crippen molar-refractivity contribution in [3.05, 3.63) is 41.0 Å². The Hall–Kier alpha value is -1.61. The Morgan fingerprint density at radius 1 is 1.53 bits per heavy atom. The zero-order valence-electron chi connectivity index (χ0n) is 8.73. The fourth-order valence-electron chi connectivity index (χ4n) is 1.29. The summed E-state index contributed by atoms with van der Waals surface area (Å²) in [4.78, 5) is 10.9. The normalized spacial score (nSPS) is 10.8. The van der Waals surface area contributed by atoms with Crippen molar-refractivity contribution in [1.82, 2.24) is 0 Å². The van der Waals surface area contributed by atoms with Gasteiger partial charge in [0.1, 0.15) is 0 Å². The molecule has 0 aliphatic carbocycles. The molecule has 0 fully saturated rings. The highest BCUT2D eigenvalue weighted by Gasteiger charge is 2.06. The molecule has 0 bridgehead atoms. The van der Waals surface area contributed by atoms with Crippen LogP contribution in [0.3, 0.4) is 0 Å². The van der Waals surface area contributed by atoms with E-state index < -0.39 is 5.97 Å². The van der Waals surface area contributed by atoms with Crippen LogP contribution in [0.1, 0.15) is 27.9 Å². The Morgan fingerprint density at radius 3 is 2.87 bits per heavy atom. The molecule has 0 saturated carbocycles. The molecule has 80 valence electrons. The number of nitrogens with two attached hydrogens (primary N) is 1. The van der Waals surface area contributed by atoms with Crippen LogP contribution in [0, 0.1) is 6.92 Å².